The van der Waals surface area contributed by atoms with Crippen LogP contribution >= 0.6 is 11.6 Å². The Balaban J connectivity index is 1.44. The molecule has 2 N–H and O–H groups in total. The fourth-order valence-electron chi connectivity index (χ4n) is 4.87. The van der Waals surface area contributed by atoms with Crippen LogP contribution in [0, 0.1) is 11.6 Å². The Kier molecular flexibility index (Phi) is 5.51. The molecule has 9 heteroatoms. The molecule has 0 aromatic heterocycles. The molecule has 0 radical (unpaired) electrons. The number of rotatable bonds is 5. The first-order chi connectivity index (χ1) is 15.4. The zero-order valence-corrected chi connectivity index (χ0v) is 17.9. The third kappa shape index (κ3) is 3.82. The molecule has 168 valence electrons. The molecule has 0 spiro atoms. The van der Waals surface area contributed by atoms with Gasteiger partial charge in [-0.15, -0.1) is 0 Å². The molecule has 1 aliphatic heterocycles. The summed E-state index contributed by atoms with van der Waals surface area (Å²) < 4.78 is 35.6. The van der Waals surface area contributed by atoms with Crippen LogP contribution in [0.3, 0.4) is 0 Å². The zero-order valence-electron chi connectivity index (χ0n) is 17.2. The molecule has 1 saturated carbocycles. The van der Waals surface area contributed by atoms with Crippen LogP contribution in [0.2, 0.25) is 5.02 Å². The second kappa shape index (κ2) is 8.33. The number of hydrogen-bond donors (Lipinski definition) is 2. The lowest BCUT2D eigenvalue weighted by molar-refractivity contribution is -0.115. The van der Waals surface area contributed by atoms with E-state index in [1.54, 1.807) is 6.07 Å². The highest BCUT2D eigenvalue weighted by Gasteiger charge is 2.38. The topological polar surface area (TPSA) is 70.7 Å². The van der Waals surface area contributed by atoms with E-state index in [2.05, 4.69) is 10.6 Å². The predicted octanol–water partition coefficient (Wildman–Crippen LogP) is 4.25. The van der Waals surface area contributed by atoms with Crippen molar-refractivity contribution in [1.29, 1.82) is 0 Å². The SMILES string of the molecule is O=C1CNC(=O)N1c1ccc(O[C@H]2c3cc(Cl)cc(F)c3C[C@@H]2NC2CCCC2)c(F)c1. The molecule has 32 heavy (non-hydrogen) atoms. The van der Waals surface area contributed by atoms with Gasteiger partial charge in [0.15, 0.2) is 11.6 Å². The van der Waals surface area contributed by atoms with Crippen molar-refractivity contribution in [3.05, 3.63) is 58.1 Å². The Morgan fingerprint density at radius 2 is 1.88 bits per heavy atom. The molecular weight excluding hydrogens is 440 g/mol. The molecule has 1 saturated heterocycles. The van der Waals surface area contributed by atoms with Gasteiger partial charge in [0.05, 0.1) is 18.3 Å². The number of fused-ring (bicyclic) bond motifs is 1. The number of ether oxygens (including phenoxy) is 1. The van der Waals surface area contributed by atoms with Crippen molar-refractivity contribution in [3.8, 4) is 5.75 Å². The highest BCUT2D eigenvalue weighted by molar-refractivity contribution is 6.30. The van der Waals surface area contributed by atoms with Gasteiger partial charge in [-0.1, -0.05) is 24.4 Å². The van der Waals surface area contributed by atoms with E-state index < -0.39 is 29.7 Å². The van der Waals surface area contributed by atoms with Gasteiger partial charge in [0, 0.05) is 22.7 Å². The molecule has 2 fully saturated rings. The number of anilines is 1. The van der Waals surface area contributed by atoms with Crippen molar-refractivity contribution >= 4 is 29.2 Å². The number of urea groups is 1. The van der Waals surface area contributed by atoms with Crippen molar-refractivity contribution in [2.75, 3.05) is 11.4 Å². The first-order valence-electron chi connectivity index (χ1n) is 10.7. The quantitative estimate of drug-likeness (QED) is 0.653. The summed E-state index contributed by atoms with van der Waals surface area (Å²) >= 11 is 6.10. The lowest BCUT2D eigenvalue weighted by atomic mass is 10.1. The van der Waals surface area contributed by atoms with E-state index in [-0.39, 0.29) is 29.0 Å². The first kappa shape index (κ1) is 21.2. The van der Waals surface area contributed by atoms with Crippen LogP contribution in [0.1, 0.15) is 42.9 Å². The molecule has 3 amide bonds. The van der Waals surface area contributed by atoms with Gasteiger partial charge in [0.25, 0.3) is 5.91 Å². The highest BCUT2D eigenvalue weighted by Crippen LogP contribution is 2.40. The summed E-state index contributed by atoms with van der Waals surface area (Å²) in [6.45, 7) is -0.127. The van der Waals surface area contributed by atoms with Crippen molar-refractivity contribution in [2.24, 2.45) is 0 Å². The summed E-state index contributed by atoms with van der Waals surface area (Å²) in [7, 11) is 0. The van der Waals surface area contributed by atoms with E-state index in [0.717, 1.165) is 36.6 Å². The van der Waals surface area contributed by atoms with Gasteiger partial charge in [0.1, 0.15) is 11.9 Å². The van der Waals surface area contributed by atoms with Crippen molar-refractivity contribution in [2.45, 2.75) is 50.3 Å². The van der Waals surface area contributed by atoms with Gasteiger partial charge in [-0.3, -0.25) is 4.79 Å². The molecule has 0 bridgehead atoms. The number of carbonyl (C=O) groups is 2. The van der Waals surface area contributed by atoms with Gasteiger partial charge in [-0.25, -0.2) is 18.5 Å². The summed E-state index contributed by atoms with van der Waals surface area (Å²) in [5.41, 5.74) is 1.24. The first-order valence-corrected chi connectivity index (χ1v) is 11.1. The Morgan fingerprint density at radius 3 is 2.56 bits per heavy atom. The van der Waals surface area contributed by atoms with Crippen molar-refractivity contribution in [3.63, 3.8) is 0 Å². The second-order valence-electron chi connectivity index (χ2n) is 8.46. The maximum absolute atomic E-state index is 15.0. The third-order valence-electron chi connectivity index (χ3n) is 6.37. The summed E-state index contributed by atoms with van der Waals surface area (Å²) in [5.74, 6) is -1.62. The maximum atomic E-state index is 15.0. The molecule has 5 rings (SSSR count). The van der Waals surface area contributed by atoms with E-state index in [0.29, 0.717) is 23.6 Å². The van der Waals surface area contributed by atoms with E-state index in [9.17, 15) is 18.4 Å². The van der Waals surface area contributed by atoms with Crippen LogP contribution in [0.4, 0.5) is 19.3 Å². The van der Waals surface area contributed by atoms with Gasteiger partial charge in [0.2, 0.25) is 0 Å². The van der Waals surface area contributed by atoms with Crippen molar-refractivity contribution < 1.29 is 23.1 Å². The summed E-state index contributed by atoms with van der Waals surface area (Å²) in [6.07, 6.45) is 4.15. The molecule has 2 aliphatic carbocycles. The normalized spacial score (nSPS) is 23.0. The van der Waals surface area contributed by atoms with Gasteiger partial charge < -0.3 is 15.4 Å². The average molecular weight is 462 g/mol. The molecular formula is C23H22ClF2N3O3. The number of carbonyl (C=O) groups excluding carboxylic acids is 2. The average Bonchev–Trinajstić information content (AvgIpc) is 3.45. The Morgan fingerprint density at radius 1 is 1.09 bits per heavy atom. The van der Waals surface area contributed by atoms with Crippen LogP contribution in [0.25, 0.3) is 0 Å². The Hall–Kier alpha value is -2.71. The summed E-state index contributed by atoms with van der Waals surface area (Å²) in [4.78, 5) is 24.6. The fourth-order valence-corrected chi connectivity index (χ4v) is 5.08. The summed E-state index contributed by atoms with van der Waals surface area (Å²) in [6, 6.07) is 6.36. The third-order valence-corrected chi connectivity index (χ3v) is 6.58. The monoisotopic (exact) mass is 461 g/mol. The molecule has 1 heterocycles. The number of amides is 3. The number of benzene rings is 2. The number of nitrogens with one attached hydrogen (secondary N) is 2. The van der Waals surface area contributed by atoms with Crippen LogP contribution < -0.4 is 20.3 Å². The lowest BCUT2D eigenvalue weighted by Gasteiger charge is -2.26. The number of halogens is 3. The van der Waals surface area contributed by atoms with Crippen LogP contribution in [-0.4, -0.2) is 30.6 Å². The molecule has 0 unspecified atom stereocenters. The smallest absolute Gasteiger partial charge is 0.329 e. The summed E-state index contributed by atoms with van der Waals surface area (Å²) in [5, 5.41) is 6.22. The highest BCUT2D eigenvalue weighted by atomic mass is 35.5. The minimum atomic E-state index is -0.717. The Labute approximate surface area is 188 Å². The number of nitrogens with zero attached hydrogens (tertiary/aromatic N) is 1. The van der Waals surface area contributed by atoms with Gasteiger partial charge in [-0.05, 0) is 49.1 Å². The van der Waals surface area contributed by atoms with E-state index in [1.165, 1.54) is 18.2 Å². The van der Waals surface area contributed by atoms with E-state index in [1.807, 2.05) is 0 Å². The molecule has 2 atom stereocenters. The molecule has 6 nitrogen and oxygen atoms in total. The zero-order chi connectivity index (χ0) is 22.4. The second-order valence-corrected chi connectivity index (χ2v) is 8.89. The molecule has 2 aromatic rings. The lowest BCUT2D eigenvalue weighted by Crippen LogP contribution is -2.41. The minimum absolute atomic E-state index is 0.0442. The standard InChI is InChI=1S/C23H22ClF2N3O3/c24-12-7-16-15(17(25)8-12)10-19(28-13-3-1-2-4-13)22(16)32-20-6-5-14(9-18(20)26)29-21(30)11-27-23(29)31/h5-9,13,19,22,28H,1-4,10-11H2,(H,27,31)/t19-,22-/m0/s1. The van der Waals surface area contributed by atoms with Crippen LogP contribution in [0.5, 0.6) is 5.75 Å². The van der Waals surface area contributed by atoms with E-state index in [4.69, 9.17) is 16.3 Å². The molecule has 3 aliphatic rings. The largest absolute Gasteiger partial charge is 0.481 e. The number of hydrogen-bond acceptors (Lipinski definition) is 4. The molecule has 2 aromatic carbocycles. The Bertz CT molecular complexity index is 1070. The van der Waals surface area contributed by atoms with E-state index >= 15 is 0 Å². The van der Waals surface area contributed by atoms with Crippen LogP contribution in [-0.2, 0) is 11.2 Å². The maximum Gasteiger partial charge on any atom is 0.329 e. The number of imide groups is 1. The van der Waals surface area contributed by atoms with Gasteiger partial charge in [-0.2, -0.15) is 0 Å². The minimum Gasteiger partial charge on any atom is -0.481 e. The van der Waals surface area contributed by atoms with Gasteiger partial charge >= 0.3 is 6.03 Å². The predicted molar refractivity (Wildman–Crippen MR) is 115 cm³/mol. The van der Waals surface area contributed by atoms with Crippen molar-refractivity contribution in [1.82, 2.24) is 10.6 Å². The fraction of sp³-hybridized carbons (Fsp3) is 0.391. The van der Waals surface area contributed by atoms with Crippen LogP contribution in [0.15, 0.2) is 30.3 Å².